The Morgan fingerprint density at radius 2 is 2.29 bits per heavy atom. The number of carboxylic acids is 1. The van der Waals surface area contributed by atoms with Gasteiger partial charge in [-0.1, -0.05) is 19.6 Å². The summed E-state index contributed by atoms with van der Waals surface area (Å²) in [6.45, 7) is 1.81. The number of carbonyl (C=O) groups excluding carboxylic acids is 1. The number of thioether (sulfide) groups is 1. The molecule has 2 heterocycles. The first-order chi connectivity index (χ1) is 7.57. The Bertz CT molecular complexity index is 417. The van der Waals surface area contributed by atoms with E-state index in [-0.39, 0.29) is 24.4 Å². The molecule has 0 aromatic carbocycles. The number of allylic oxidation sites excluding steroid dienone is 2. The van der Waals surface area contributed by atoms with Crippen LogP contribution >= 0.6 is 11.8 Å². The summed E-state index contributed by atoms with van der Waals surface area (Å²) in [5, 5.41) is 8.91. The van der Waals surface area contributed by atoms with Crippen LogP contribution in [-0.2, 0) is 9.59 Å². The Morgan fingerprint density at radius 3 is 2.82 bits per heavy atom. The molecule has 6 heteroatoms. The molecular weight excluding hydrogens is 240 g/mol. The lowest BCUT2D eigenvalue weighted by molar-refractivity contribution is -0.147. The molecule has 0 aromatic rings. The molecule has 1 saturated heterocycles. The molecule has 94 valence electrons. The molecule has 1 fully saturated rings. The van der Waals surface area contributed by atoms with Crippen molar-refractivity contribution in [3.8, 4) is 0 Å². The molecule has 17 heavy (non-hydrogen) atoms. The van der Waals surface area contributed by atoms with Gasteiger partial charge in [0, 0.05) is 5.75 Å². The minimum atomic E-state index is -1.07. The van der Waals surface area contributed by atoms with Crippen molar-refractivity contribution in [2.24, 2.45) is 5.73 Å². The van der Waals surface area contributed by atoms with Crippen molar-refractivity contribution in [1.82, 2.24) is 4.90 Å². The van der Waals surface area contributed by atoms with E-state index < -0.39 is 12.0 Å². The summed E-state index contributed by atoms with van der Waals surface area (Å²) in [6, 6.07) is -0.563. The fourth-order valence-electron chi connectivity index (χ4n) is 1.87. The number of aliphatic carboxylic acids is 1. The predicted octanol–water partition coefficient (Wildman–Crippen LogP) is 0.780. The second kappa shape index (κ2) is 4.93. The number of nitrogens with zero attached hydrogens (tertiary/aromatic N) is 1. The second-order valence-corrected chi connectivity index (χ2v) is 4.72. The van der Waals surface area contributed by atoms with E-state index in [0.29, 0.717) is 11.3 Å². The van der Waals surface area contributed by atoms with Crippen LogP contribution in [0.4, 0.5) is 0 Å². The van der Waals surface area contributed by atoms with E-state index in [0.717, 1.165) is 0 Å². The van der Waals surface area contributed by atoms with Gasteiger partial charge in [-0.2, -0.15) is 0 Å². The number of nitrogens with two attached hydrogens (primary N) is 1. The first-order valence-electron chi connectivity index (χ1n) is 4.87. The summed E-state index contributed by atoms with van der Waals surface area (Å²) in [5.74, 6) is -0.802. The summed E-state index contributed by atoms with van der Waals surface area (Å²) in [7, 11) is 0. The van der Waals surface area contributed by atoms with Crippen molar-refractivity contribution in [2.45, 2.75) is 25.8 Å². The maximum Gasteiger partial charge on any atom is 0.352 e. The van der Waals surface area contributed by atoms with Crippen LogP contribution in [0.1, 0.15) is 14.4 Å². The highest BCUT2D eigenvalue weighted by atomic mass is 32.2. The molecule has 0 bridgehead atoms. The second-order valence-electron chi connectivity index (χ2n) is 3.61. The van der Waals surface area contributed by atoms with Gasteiger partial charge in [0.15, 0.2) is 0 Å². The summed E-state index contributed by atoms with van der Waals surface area (Å²) in [5.41, 5.74) is 6.35. The number of carbonyl (C=O) groups is 2. The van der Waals surface area contributed by atoms with Gasteiger partial charge in [-0.3, -0.25) is 9.69 Å². The van der Waals surface area contributed by atoms with E-state index in [1.165, 1.54) is 16.7 Å². The van der Waals surface area contributed by atoms with Gasteiger partial charge >= 0.3 is 5.97 Å². The number of hydrogen-bond acceptors (Lipinski definition) is 4. The lowest BCUT2D eigenvalue weighted by Gasteiger charge is -2.47. The van der Waals surface area contributed by atoms with Gasteiger partial charge in [0.1, 0.15) is 17.1 Å². The fourth-order valence-corrected chi connectivity index (χ4v) is 3.13. The molecule has 0 radical (unpaired) electrons. The molecule has 0 aromatic heterocycles. The minimum Gasteiger partial charge on any atom is -0.477 e. The Labute approximate surface area is 104 Å². The molecule has 2 rings (SSSR count). The molecule has 2 aliphatic rings. The van der Waals surface area contributed by atoms with Crippen LogP contribution in [0, 0.1) is 0 Å². The van der Waals surface area contributed by atoms with E-state index in [9.17, 15) is 9.59 Å². The van der Waals surface area contributed by atoms with Gasteiger partial charge in [0.2, 0.25) is 5.91 Å². The molecule has 2 aliphatic heterocycles. The predicted molar refractivity (Wildman–Crippen MR) is 67.3 cm³/mol. The highest BCUT2D eigenvalue weighted by Crippen LogP contribution is 2.39. The highest BCUT2D eigenvalue weighted by Gasteiger charge is 2.51. The third-order valence-electron chi connectivity index (χ3n) is 2.61. The largest absolute Gasteiger partial charge is 0.477 e. The number of fused-ring (bicyclic) bond motifs is 1. The van der Waals surface area contributed by atoms with E-state index in [2.05, 4.69) is 0 Å². The maximum absolute atomic E-state index is 11.5. The minimum absolute atomic E-state index is 0. The lowest BCUT2D eigenvalue weighted by atomic mass is 10.0. The summed E-state index contributed by atoms with van der Waals surface area (Å²) in [4.78, 5) is 24.0. The molecule has 5 nitrogen and oxygen atoms in total. The van der Waals surface area contributed by atoms with Crippen LogP contribution in [0.5, 0.6) is 0 Å². The molecule has 0 saturated carbocycles. The Morgan fingerprint density at radius 1 is 1.65 bits per heavy atom. The summed E-state index contributed by atoms with van der Waals surface area (Å²) < 4.78 is 0. The van der Waals surface area contributed by atoms with E-state index in [1.807, 2.05) is 6.92 Å². The van der Waals surface area contributed by atoms with Crippen molar-refractivity contribution < 1.29 is 14.7 Å². The quantitative estimate of drug-likeness (QED) is 0.713. The molecule has 0 spiro atoms. The SMILES string of the molecule is C.C/C=C\C1=C(C(=O)O)N2C(=O)C(N)C2SC1. The van der Waals surface area contributed by atoms with Gasteiger partial charge in [-0.15, -0.1) is 11.8 Å². The maximum atomic E-state index is 11.5. The number of hydrogen-bond donors (Lipinski definition) is 2. The molecule has 1 amide bonds. The smallest absolute Gasteiger partial charge is 0.352 e. The van der Waals surface area contributed by atoms with Gasteiger partial charge in [0.25, 0.3) is 0 Å². The molecule has 3 N–H and O–H groups in total. The van der Waals surface area contributed by atoms with Crippen molar-refractivity contribution in [2.75, 3.05) is 5.75 Å². The molecule has 0 aliphatic carbocycles. The van der Waals surface area contributed by atoms with Gasteiger partial charge < -0.3 is 10.8 Å². The molecular formula is C11H16N2O3S. The zero-order valence-electron chi connectivity index (χ0n) is 8.71. The fraction of sp³-hybridized carbons (Fsp3) is 0.455. The van der Waals surface area contributed by atoms with E-state index in [1.54, 1.807) is 12.2 Å². The normalized spacial score (nSPS) is 27.6. The van der Waals surface area contributed by atoms with Crippen molar-refractivity contribution >= 4 is 23.6 Å². The monoisotopic (exact) mass is 256 g/mol. The van der Waals surface area contributed by atoms with Gasteiger partial charge in [-0.25, -0.2) is 4.79 Å². The third kappa shape index (κ3) is 1.98. The van der Waals surface area contributed by atoms with Crippen molar-refractivity contribution in [3.63, 3.8) is 0 Å². The van der Waals surface area contributed by atoms with Crippen LogP contribution in [0.15, 0.2) is 23.4 Å². The number of rotatable bonds is 2. The Hall–Kier alpha value is -1.27. The Balaban J connectivity index is 0.00000144. The number of amides is 1. The van der Waals surface area contributed by atoms with Gasteiger partial charge in [0.05, 0.1) is 0 Å². The lowest BCUT2D eigenvalue weighted by Crippen LogP contribution is -2.68. The van der Waals surface area contributed by atoms with Crippen LogP contribution in [-0.4, -0.2) is 39.1 Å². The van der Waals surface area contributed by atoms with E-state index >= 15 is 0 Å². The molecule has 2 unspecified atom stereocenters. The van der Waals surface area contributed by atoms with Gasteiger partial charge in [-0.05, 0) is 12.5 Å². The van der Waals surface area contributed by atoms with Crippen molar-refractivity contribution in [1.29, 1.82) is 0 Å². The third-order valence-corrected chi connectivity index (χ3v) is 3.93. The molecule has 2 atom stereocenters. The highest BCUT2D eigenvalue weighted by molar-refractivity contribution is 8.00. The van der Waals surface area contributed by atoms with Crippen LogP contribution in [0.25, 0.3) is 0 Å². The summed E-state index contributed by atoms with van der Waals surface area (Å²) in [6.07, 6.45) is 3.49. The zero-order valence-corrected chi connectivity index (χ0v) is 9.53. The number of carboxylic acid groups (broad SMARTS) is 1. The first kappa shape index (κ1) is 13.8. The number of β-lactam (4-membered cyclic amide) rings is 1. The van der Waals surface area contributed by atoms with Crippen LogP contribution in [0.2, 0.25) is 0 Å². The van der Waals surface area contributed by atoms with Crippen molar-refractivity contribution in [3.05, 3.63) is 23.4 Å². The topological polar surface area (TPSA) is 83.6 Å². The standard InChI is InChI=1S/C10H12N2O3S.CH4/c1-2-3-5-4-16-9-6(11)8(13)12(9)7(5)10(14)15;/h2-3,6,9H,4,11H2,1H3,(H,14,15);1H4/b3-2-;. The first-order valence-corrected chi connectivity index (χ1v) is 5.92. The zero-order chi connectivity index (χ0) is 11.9. The Kier molecular flexibility index (Phi) is 4.00. The average Bonchev–Trinajstić information content (AvgIpc) is 2.27. The van der Waals surface area contributed by atoms with Crippen LogP contribution in [0.3, 0.4) is 0 Å². The average molecular weight is 256 g/mol. The van der Waals surface area contributed by atoms with E-state index in [4.69, 9.17) is 10.8 Å². The van der Waals surface area contributed by atoms with Crippen LogP contribution < -0.4 is 5.73 Å². The summed E-state index contributed by atoms with van der Waals surface area (Å²) >= 11 is 1.50.